The van der Waals surface area contributed by atoms with Crippen molar-refractivity contribution in [2.75, 3.05) is 52.4 Å². The smallest absolute Gasteiger partial charge is 0.405 e. The number of anilines is 8. The molecule has 2 saturated carbocycles. The Balaban J connectivity index is 0.000000112. The zero-order chi connectivity index (χ0) is 90.0. The highest BCUT2D eigenvalue weighted by molar-refractivity contribution is 5.99. The fourth-order valence-corrected chi connectivity index (χ4v) is 17.0. The molecule has 0 saturated heterocycles. The van der Waals surface area contributed by atoms with Crippen LogP contribution in [0.15, 0.2) is 152 Å². The van der Waals surface area contributed by atoms with Gasteiger partial charge < -0.3 is 24.3 Å². The highest BCUT2D eigenvalue weighted by Crippen LogP contribution is 2.58. The summed E-state index contributed by atoms with van der Waals surface area (Å²) in [5.74, 6) is 26.3. The zero-order valence-corrected chi connectivity index (χ0v) is 72.3. The minimum Gasteiger partial charge on any atom is -0.488 e. The Hall–Kier alpha value is -14.4. The van der Waals surface area contributed by atoms with E-state index in [4.69, 9.17) is 19.7 Å². The van der Waals surface area contributed by atoms with E-state index < -0.39 is 28.7 Å². The van der Waals surface area contributed by atoms with E-state index in [1.54, 1.807) is 66.6 Å². The van der Waals surface area contributed by atoms with Crippen molar-refractivity contribution >= 4 is 113 Å². The molecule has 16 aromatic rings. The second-order valence-corrected chi connectivity index (χ2v) is 35.2. The minimum absolute atomic E-state index is 0.000937. The van der Waals surface area contributed by atoms with Crippen molar-refractivity contribution in [1.82, 2.24) is 78.3 Å². The predicted octanol–water partition coefficient (Wildman–Crippen LogP) is 20.7. The summed E-state index contributed by atoms with van der Waals surface area (Å²) < 4.78 is 140. The van der Waals surface area contributed by atoms with Crippen molar-refractivity contribution in [3.05, 3.63) is 232 Å². The van der Waals surface area contributed by atoms with Crippen LogP contribution in [-0.2, 0) is 19.3 Å². The molecule has 8 aromatic heterocycles. The molecular weight excluding hydrogens is 1660 g/mol. The van der Waals surface area contributed by atoms with Crippen LogP contribution >= 0.6 is 0 Å². The Bertz CT molecular complexity index is 7340. The fraction of sp³-hybridized carbons (Fsp3) is 0.313. The second kappa shape index (κ2) is 32.2. The maximum atomic E-state index is 15.1. The lowest BCUT2D eigenvalue weighted by Gasteiger charge is -2.32. The number of halogens is 9. The van der Waals surface area contributed by atoms with Gasteiger partial charge in [0.25, 0.3) is 29.0 Å². The molecule has 0 spiro atoms. The maximum Gasteiger partial charge on any atom is 0.405 e. The van der Waals surface area contributed by atoms with Gasteiger partial charge in [0.15, 0.2) is 5.75 Å². The molecule has 22 rings (SSSR count). The lowest BCUT2D eigenvalue weighted by molar-refractivity contribution is -0.168. The standard InChI is InChI=1S/C26H24F3N5.C25H22FN5.C25H24FN5.C23H15F4N5O/c1-16-31-32-24-30-23(20-15-18(27)10-11-22(20)34(16)24)33-14-6-8-19-17(7-5-9-21(19)33)12-13-25(2,3)26(4,28)29;1-16-28-29-24-27-23(22-19(26)8-4-10-21(22)31(16)24)30-15-5-7-18-17(6-3-9-20(18)30)11-12-25(2)13-14-25;1-16-28-29-24-27-23(22-19(26)10-6-12-21(22)31(16)24)30-15-7-9-18-17(8-5-11-20(18)30)13-14-25(2,3)4;24-15-4-2-5-16-18(15)20(29-21-30-28-13-32(16)21)31-11-12-33-19-14(3-1-6-17(19)31)7-8-22(9-10-22)23(25,26)27/h5,7,9-11,15H,6,8,14H2,1-4H3;3-4,6,8-10H,5,7,13-15H2,1-2H3;5-6,8,10-12H,7,9,15H2,1-4H3;1-6,13H,9-12H2. The van der Waals surface area contributed by atoms with Gasteiger partial charge in [-0.2, -0.15) is 33.1 Å². The summed E-state index contributed by atoms with van der Waals surface area (Å²) >= 11 is 0. The molecule has 6 aliphatic rings. The fourth-order valence-electron chi connectivity index (χ4n) is 17.0. The van der Waals surface area contributed by atoms with Gasteiger partial charge in [0.05, 0.1) is 61.4 Å². The van der Waals surface area contributed by atoms with E-state index in [1.807, 2.05) is 72.5 Å². The molecular formula is C99H85F9N20O. The van der Waals surface area contributed by atoms with Crippen LogP contribution in [0.1, 0.15) is 150 Å². The third-order valence-corrected chi connectivity index (χ3v) is 24.6. The number of hydrogen-bond donors (Lipinski definition) is 0. The first-order valence-electron chi connectivity index (χ1n) is 42.8. The van der Waals surface area contributed by atoms with E-state index in [9.17, 15) is 30.7 Å². The summed E-state index contributed by atoms with van der Waals surface area (Å²) in [6.07, 6.45) is 4.81. The van der Waals surface area contributed by atoms with Gasteiger partial charge in [-0.15, -0.1) is 40.8 Å². The lowest BCUT2D eigenvalue weighted by Crippen LogP contribution is -2.31. The van der Waals surface area contributed by atoms with Crippen LogP contribution in [0.4, 0.5) is 85.5 Å². The van der Waals surface area contributed by atoms with Crippen molar-refractivity contribution < 1.29 is 44.3 Å². The molecule has 0 atom stereocenters. The van der Waals surface area contributed by atoms with Gasteiger partial charge in [-0.05, 0) is 246 Å². The monoisotopic (exact) mass is 1740 g/mol. The quantitative estimate of drug-likeness (QED) is 0.116. The van der Waals surface area contributed by atoms with Crippen LogP contribution in [0.25, 0.3) is 66.7 Å². The predicted molar refractivity (Wildman–Crippen MR) is 478 cm³/mol. The van der Waals surface area contributed by atoms with E-state index >= 15 is 8.78 Å². The van der Waals surface area contributed by atoms with Crippen molar-refractivity contribution in [3.8, 4) is 53.1 Å². The highest BCUT2D eigenvalue weighted by Gasteiger charge is 2.62. The van der Waals surface area contributed by atoms with Crippen LogP contribution in [0.2, 0.25) is 0 Å². The number of nitrogens with zero attached hydrogens (tertiary/aromatic N) is 20. The third-order valence-electron chi connectivity index (χ3n) is 24.6. The number of rotatable bonds is 5. The Kier molecular flexibility index (Phi) is 21.0. The second-order valence-electron chi connectivity index (χ2n) is 35.2. The number of benzene rings is 8. The highest BCUT2D eigenvalue weighted by atomic mass is 19.4. The molecule has 129 heavy (non-hydrogen) atoms. The van der Waals surface area contributed by atoms with Crippen LogP contribution in [0.5, 0.6) is 5.75 Å². The van der Waals surface area contributed by atoms with Crippen molar-refractivity contribution in [2.45, 2.75) is 146 Å². The number of alkyl halides is 5. The first-order valence-corrected chi connectivity index (χ1v) is 42.8. The normalized spacial score (nSPS) is 15.4. The molecule has 0 bridgehead atoms. The average molecular weight is 1740 g/mol. The summed E-state index contributed by atoms with van der Waals surface area (Å²) in [7, 11) is 0. The largest absolute Gasteiger partial charge is 0.488 e. The van der Waals surface area contributed by atoms with E-state index in [0.29, 0.717) is 116 Å². The molecule has 2 fully saturated rings. The Morgan fingerprint density at radius 1 is 0.411 bits per heavy atom. The number of fused-ring (bicyclic) bond motifs is 16. The van der Waals surface area contributed by atoms with Gasteiger partial charge in [-0.25, -0.2) is 26.3 Å². The van der Waals surface area contributed by atoms with Gasteiger partial charge in [0.1, 0.15) is 82.4 Å². The summed E-state index contributed by atoms with van der Waals surface area (Å²) in [5, 5.41) is 34.9. The third kappa shape index (κ3) is 15.6. The van der Waals surface area contributed by atoms with Crippen LogP contribution in [0, 0.1) is 113 Å². The summed E-state index contributed by atoms with van der Waals surface area (Å²) in [6.45, 7) is 20.6. The van der Waals surface area contributed by atoms with E-state index in [2.05, 4.69) is 155 Å². The molecule has 0 N–H and O–H groups in total. The Labute approximate surface area is 735 Å². The molecule has 30 heteroatoms. The Morgan fingerprint density at radius 2 is 0.837 bits per heavy atom. The van der Waals surface area contributed by atoms with Crippen molar-refractivity contribution in [1.29, 1.82) is 0 Å². The van der Waals surface area contributed by atoms with Crippen LogP contribution in [-0.4, -0.2) is 123 Å². The first kappa shape index (κ1) is 84.1. The van der Waals surface area contributed by atoms with E-state index in [1.165, 1.54) is 74.5 Å². The summed E-state index contributed by atoms with van der Waals surface area (Å²) in [4.78, 5) is 26.9. The van der Waals surface area contributed by atoms with Crippen LogP contribution < -0.4 is 24.3 Å². The van der Waals surface area contributed by atoms with Gasteiger partial charge in [0.2, 0.25) is 0 Å². The summed E-state index contributed by atoms with van der Waals surface area (Å²) in [5.41, 5.74) is 9.52. The van der Waals surface area contributed by atoms with E-state index in [0.717, 1.165) is 114 Å². The minimum atomic E-state index is -4.37. The van der Waals surface area contributed by atoms with Gasteiger partial charge >= 0.3 is 6.18 Å². The molecule has 0 unspecified atom stereocenters. The number of hydrogen-bond acceptors (Lipinski definition) is 17. The summed E-state index contributed by atoms with van der Waals surface area (Å²) in [6, 6.07) is 42.6. The first-order chi connectivity index (χ1) is 61.8. The molecule has 0 radical (unpaired) electrons. The molecule has 4 aliphatic heterocycles. The van der Waals surface area contributed by atoms with Gasteiger partial charge in [0, 0.05) is 76.5 Å². The number of ether oxygens (including phenoxy) is 1. The lowest BCUT2D eigenvalue weighted by atomic mass is 9.86. The molecule has 12 heterocycles. The SMILES string of the molecule is Cc1nnc2nc(N3CCCc4c(C#CC(C)(C)C(C)(F)F)cccc43)c3cc(F)ccc3n12.Cc1nnc2nc(N3CCCc4c(C#CC(C)(C)C)cccc43)c3c(F)cccc3n12.Cc1nnc2nc(N3CCCc4c(C#CC5(C)CC5)cccc43)c3c(F)cccc3n12.Fc1cccc2c1c(N1CCOc3c(C#CC4(C(F)(F)F)CC4)cccc31)nc1nncn12. The van der Waals surface area contributed by atoms with Gasteiger partial charge in [-0.1, -0.05) is 89.8 Å². The molecule has 8 aromatic carbocycles. The zero-order valence-electron chi connectivity index (χ0n) is 72.3. The van der Waals surface area contributed by atoms with Gasteiger partial charge in [-0.3, -0.25) is 17.6 Å². The maximum absolute atomic E-state index is 15.1. The molecule has 0 amide bonds. The Morgan fingerprint density at radius 3 is 1.33 bits per heavy atom. The van der Waals surface area contributed by atoms with Crippen molar-refractivity contribution in [3.63, 3.8) is 0 Å². The number of aromatic nitrogens is 16. The molecule has 650 valence electrons. The average Bonchev–Trinajstić information content (AvgIpc) is 1.70. The van der Waals surface area contributed by atoms with Crippen LogP contribution in [0.3, 0.4) is 0 Å². The van der Waals surface area contributed by atoms with Crippen molar-refractivity contribution in [2.24, 2.45) is 21.7 Å². The van der Waals surface area contributed by atoms with E-state index in [-0.39, 0.29) is 53.1 Å². The number of aryl methyl sites for hydroxylation is 3. The molecule has 2 aliphatic carbocycles. The topological polar surface area (TPSA) is 195 Å². The molecule has 21 nitrogen and oxygen atoms in total. The number of para-hydroxylation sites is 1.